The maximum Gasteiger partial charge on any atom is 0.151 e. The Morgan fingerprint density at radius 1 is 1.64 bits per heavy atom. The van der Waals surface area contributed by atoms with E-state index in [0.717, 1.165) is 11.5 Å². The fourth-order valence-corrected chi connectivity index (χ4v) is 1.21. The molecule has 0 saturated heterocycles. The molecule has 0 aliphatic carbocycles. The molecule has 2 rings (SSSR count). The average Bonchev–Trinajstić information content (AvgIpc) is 2.34. The van der Waals surface area contributed by atoms with Gasteiger partial charge in [0.2, 0.25) is 0 Å². The van der Waals surface area contributed by atoms with Gasteiger partial charge in [-0.3, -0.25) is 4.99 Å². The fraction of sp³-hybridized carbons (Fsp3) is 0.286. The second kappa shape index (κ2) is 2.08. The van der Waals surface area contributed by atoms with E-state index >= 15 is 0 Å². The molecule has 1 aromatic heterocycles. The minimum absolute atomic E-state index is 0.242. The van der Waals surface area contributed by atoms with E-state index in [9.17, 15) is 4.39 Å². The van der Waals surface area contributed by atoms with Crippen LogP contribution in [0, 0.1) is 5.82 Å². The van der Waals surface area contributed by atoms with Crippen LogP contribution in [0.2, 0.25) is 0 Å². The summed E-state index contributed by atoms with van der Waals surface area (Å²) >= 11 is 0. The Hall–Kier alpha value is -1.32. The van der Waals surface area contributed by atoms with Gasteiger partial charge in [0.05, 0.1) is 5.56 Å². The Morgan fingerprint density at radius 3 is 3.18 bits per heavy atom. The van der Waals surface area contributed by atoms with Gasteiger partial charge in [0.15, 0.2) is 5.82 Å². The van der Waals surface area contributed by atoms with Gasteiger partial charge in [-0.25, -0.2) is 4.39 Å². The number of H-pyrrole nitrogens is 1. The zero-order valence-corrected chi connectivity index (χ0v) is 6.11. The standard InChI is InChI=1S/C7H8FN3/c1-4-6-5(8)2-9-7(6)11-3-10-4/h2,9,11H,3H2,1H3. The van der Waals surface area contributed by atoms with Gasteiger partial charge in [0.1, 0.15) is 12.5 Å². The average molecular weight is 153 g/mol. The van der Waals surface area contributed by atoms with E-state index in [1.807, 2.05) is 0 Å². The number of nitrogens with one attached hydrogen (secondary N) is 2. The summed E-state index contributed by atoms with van der Waals surface area (Å²) in [5, 5.41) is 2.93. The molecule has 0 saturated carbocycles. The van der Waals surface area contributed by atoms with Crippen molar-refractivity contribution in [2.45, 2.75) is 6.92 Å². The highest BCUT2D eigenvalue weighted by atomic mass is 19.1. The van der Waals surface area contributed by atoms with Crippen molar-refractivity contribution >= 4 is 11.5 Å². The Kier molecular flexibility index (Phi) is 1.21. The first-order valence-corrected chi connectivity index (χ1v) is 3.41. The van der Waals surface area contributed by atoms with Crippen molar-refractivity contribution in [3.63, 3.8) is 0 Å². The number of aliphatic imine (C=N–C) groups is 1. The molecule has 1 aromatic rings. The first-order valence-electron chi connectivity index (χ1n) is 3.41. The van der Waals surface area contributed by atoms with Crippen molar-refractivity contribution in [3.05, 3.63) is 17.6 Å². The van der Waals surface area contributed by atoms with Gasteiger partial charge in [-0.2, -0.15) is 0 Å². The summed E-state index contributed by atoms with van der Waals surface area (Å²) < 4.78 is 12.9. The van der Waals surface area contributed by atoms with Crippen LogP contribution in [0.25, 0.3) is 0 Å². The van der Waals surface area contributed by atoms with Crippen molar-refractivity contribution < 1.29 is 4.39 Å². The van der Waals surface area contributed by atoms with Gasteiger partial charge in [-0.05, 0) is 6.92 Å². The molecule has 2 N–H and O–H groups in total. The lowest BCUT2D eigenvalue weighted by atomic mass is 10.2. The van der Waals surface area contributed by atoms with Crippen LogP contribution in [0.15, 0.2) is 11.2 Å². The van der Waals surface area contributed by atoms with Crippen LogP contribution >= 0.6 is 0 Å². The van der Waals surface area contributed by atoms with Gasteiger partial charge in [-0.15, -0.1) is 0 Å². The molecular formula is C7H8FN3. The summed E-state index contributed by atoms with van der Waals surface area (Å²) in [5.74, 6) is 0.489. The number of aromatic amines is 1. The van der Waals surface area contributed by atoms with Crippen molar-refractivity contribution in [2.75, 3.05) is 12.0 Å². The van der Waals surface area contributed by atoms with Crippen LogP contribution in [0.4, 0.5) is 10.2 Å². The summed E-state index contributed by atoms with van der Waals surface area (Å²) in [7, 11) is 0. The zero-order chi connectivity index (χ0) is 7.84. The summed E-state index contributed by atoms with van der Waals surface area (Å²) in [6.45, 7) is 2.33. The summed E-state index contributed by atoms with van der Waals surface area (Å²) in [5.41, 5.74) is 1.31. The van der Waals surface area contributed by atoms with Crippen LogP contribution in [0.5, 0.6) is 0 Å². The van der Waals surface area contributed by atoms with Crippen LogP contribution in [0.3, 0.4) is 0 Å². The molecule has 58 valence electrons. The number of fused-ring (bicyclic) bond motifs is 1. The molecule has 0 aromatic carbocycles. The number of nitrogens with zero attached hydrogens (tertiary/aromatic N) is 1. The van der Waals surface area contributed by atoms with E-state index in [4.69, 9.17) is 0 Å². The van der Waals surface area contributed by atoms with Crippen molar-refractivity contribution in [1.29, 1.82) is 0 Å². The molecule has 1 aliphatic rings. The SMILES string of the molecule is CC1=NCNc2[nH]cc(F)c21. The molecule has 4 heteroatoms. The lowest BCUT2D eigenvalue weighted by molar-refractivity contribution is 0.627. The van der Waals surface area contributed by atoms with Crippen LogP contribution in [-0.4, -0.2) is 17.4 Å². The number of halogens is 1. The summed E-state index contributed by atoms with van der Waals surface area (Å²) in [4.78, 5) is 6.84. The monoisotopic (exact) mass is 153 g/mol. The maximum absolute atomic E-state index is 12.9. The molecule has 1 aliphatic heterocycles. The summed E-state index contributed by atoms with van der Waals surface area (Å²) in [6, 6.07) is 0. The van der Waals surface area contributed by atoms with Crippen molar-refractivity contribution in [3.8, 4) is 0 Å². The molecule has 0 radical (unpaired) electrons. The van der Waals surface area contributed by atoms with E-state index in [0.29, 0.717) is 12.2 Å². The second-order valence-electron chi connectivity index (χ2n) is 2.47. The second-order valence-corrected chi connectivity index (χ2v) is 2.47. The Balaban J connectivity index is 2.61. The maximum atomic E-state index is 12.9. The number of hydrogen-bond acceptors (Lipinski definition) is 2. The molecule has 0 bridgehead atoms. The van der Waals surface area contributed by atoms with Crippen LogP contribution in [0.1, 0.15) is 12.5 Å². The van der Waals surface area contributed by atoms with E-state index in [-0.39, 0.29) is 5.82 Å². The predicted molar refractivity (Wildman–Crippen MR) is 41.5 cm³/mol. The number of rotatable bonds is 0. The normalized spacial score (nSPS) is 15.3. The first kappa shape index (κ1) is 6.39. The number of hydrogen-bond donors (Lipinski definition) is 2. The van der Waals surface area contributed by atoms with Crippen LogP contribution < -0.4 is 5.32 Å². The largest absolute Gasteiger partial charge is 0.352 e. The molecule has 2 heterocycles. The molecule has 0 spiro atoms. The quantitative estimate of drug-likeness (QED) is 0.580. The minimum Gasteiger partial charge on any atom is -0.352 e. The molecule has 0 unspecified atom stereocenters. The van der Waals surface area contributed by atoms with Gasteiger partial charge >= 0.3 is 0 Å². The molecule has 3 nitrogen and oxygen atoms in total. The Bertz CT molecular complexity index is 313. The van der Waals surface area contributed by atoms with Crippen molar-refractivity contribution in [2.24, 2.45) is 4.99 Å². The molecule has 11 heavy (non-hydrogen) atoms. The third-order valence-corrected chi connectivity index (χ3v) is 1.77. The molecule has 0 atom stereocenters. The summed E-state index contributed by atoms with van der Waals surface area (Å²) in [6.07, 6.45) is 1.34. The molecular weight excluding hydrogens is 145 g/mol. The zero-order valence-electron chi connectivity index (χ0n) is 6.11. The minimum atomic E-state index is -0.242. The third-order valence-electron chi connectivity index (χ3n) is 1.77. The number of anilines is 1. The lowest BCUT2D eigenvalue weighted by Crippen LogP contribution is -2.12. The lowest BCUT2D eigenvalue weighted by Gasteiger charge is -2.10. The van der Waals surface area contributed by atoms with Gasteiger partial charge in [-0.1, -0.05) is 0 Å². The van der Waals surface area contributed by atoms with Crippen molar-refractivity contribution in [1.82, 2.24) is 4.98 Å². The highest BCUT2D eigenvalue weighted by Crippen LogP contribution is 2.20. The van der Waals surface area contributed by atoms with Gasteiger partial charge in [0.25, 0.3) is 0 Å². The Morgan fingerprint density at radius 2 is 2.45 bits per heavy atom. The molecule has 0 fully saturated rings. The predicted octanol–water partition coefficient (Wildman–Crippen LogP) is 1.35. The Labute approximate surface area is 63.3 Å². The van der Waals surface area contributed by atoms with Gasteiger partial charge < -0.3 is 10.3 Å². The van der Waals surface area contributed by atoms with E-state index in [2.05, 4.69) is 15.3 Å². The smallest absolute Gasteiger partial charge is 0.151 e. The fourth-order valence-electron chi connectivity index (χ4n) is 1.21. The van der Waals surface area contributed by atoms with E-state index in [1.54, 1.807) is 6.92 Å². The van der Waals surface area contributed by atoms with E-state index < -0.39 is 0 Å². The van der Waals surface area contributed by atoms with E-state index in [1.165, 1.54) is 6.20 Å². The highest BCUT2D eigenvalue weighted by Gasteiger charge is 2.16. The van der Waals surface area contributed by atoms with Gasteiger partial charge in [0, 0.05) is 11.9 Å². The topological polar surface area (TPSA) is 40.2 Å². The molecule has 0 amide bonds. The third kappa shape index (κ3) is 0.824. The number of aromatic nitrogens is 1. The first-order chi connectivity index (χ1) is 5.29. The van der Waals surface area contributed by atoms with Crippen LogP contribution in [-0.2, 0) is 0 Å². The highest BCUT2D eigenvalue weighted by molar-refractivity contribution is 6.04.